The van der Waals surface area contributed by atoms with E-state index in [-0.39, 0.29) is 11.9 Å². The third kappa shape index (κ3) is 3.23. The molecular formula is C14H19BrFNO. The number of hydrogen-bond donors (Lipinski definition) is 0. The Morgan fingerprint density at radius 3 is 2.94 bits per heavy atom. The zero-order valence-corrected chi connectivity index (χ0v) is 12.2. The minimum Gasteiger partial charge on any atom is -0.376 e. The summed E-state index contributed by atoms with van der Waals surface area (Å²) in [4.78, 5) is 2.09. The molecule has 0 N–H and O–H groups in total. The Morgan fingerprint density at radius 2 is 2.28 bits per heavy atom. The van der Waals surface area contributed by atoms with Crippen LogP contribution in [0.5, 0.6) is 0 Å². The van der Waals surface area contributed by atoms with Crippen molar-refractivity contribution in [3.63, 3.8) is 0 Å². The van der Waals surface area contributed by atoms with Crippen LogP contribution in [0.2, 0.25) is 0 Å². The van der Waals surface area contributed by atoms with Crippen LogP contribution in [0.15, 0.2) is 18.2 Å². The zero-order chi connectivity index (χ0) is 13.0. The molecule has 1 fully saturated rings. The van der Waals surface area contributed by atoms with E-state index in [1.165, 1.54) is 12.5 Å². The number of anilines is 1. The first-order valence-corrected chi connectivity index (χ1v) is 7.50. The van der Waals surface area contributed by atoms with E-state index in [9.17, 15) is 4.39 Å². The van der Waals surface area contributed by atoms with Gasteiger partial charge in [0.1, 0.15) is 5.82 Å². The van der Waals surface area contributed by atoms with Gasteiger partial charge in [0.05, 0.1) is 6.10 Å². The number of rotatable bonds is 4. The Balaban J connectivity index is 2.07. The van der Waals surface area contributed by atoms with Crippen molar-refractivity contribution in [2.75, 3.05) is 25.1 Å². The fourth-order valence-electron chi connectivity index (χ4n) is 2.39. The highest BCUT2D eigenvalue weighted by atomic mass is 79.9. The van der Waals surface area contributed by atoms with Crippen molar-refractivity contribution in [3.05, 3.63) is 29.6 Å². The average molecular weight is 316 g/mol. The van der Waals surface area contributed by atoms with Crippen molar-refractivity contribution in [2.45, 2.75) is 30.7 Å². The van der Waals surface area contributed by atoms with Crippen LogP contribution in [-0.2, 0) is 10.1 Å². The number of ether oxygens (including phenoxy) is 1. The van der Waals surface area contributed by atoms with Gasteiger partial charge in [0.15, 0.2) is 0 Å². The lowest BCUT2D eigenvalue weighted by Gasteiger charge is -2.29. The summed E-state index contributed by atoms with van der Waals surface area (Å²) in [5.74, 6) is -0.152. The topological polar surface area (TPSA) is 12.5 Å². The highest BCUT2D eigenvalue weighted by molar-refractivity contribution is 9.08. The molecule has 100 valence electrons. The first kappa shape index (κ1) is 13.8. The third-order valence-electron chi connectivity index (χ3n) is 3.39. The van der Waals surface area contributed by atoms with Gasteiger partial charge in [-0.1, -0.05) is 22.0 Å². The van der Waals surface area contributed by atoms with Crippen LogP contribution in [-0.4, -0.2) is 26.3 Å². The Labute approximate surface area is 116 Å². The van der Waals surface area contributed by atoms with Crippen molar-refractivity contribution in [2.24, 2.45) is 0 Å². The van der Waals surface area contributed by atoms with Crippen molar-refractivity contribution in [3.8, 4) is 0 Å². The Kier molecular flexibility index (Phi) is 5.01. The second-order valence-corrected chi connectivity index (χ2v) is 5.30. The summed E-state index contributed by atoms with van der Waals surface area (Å²) in [6, 6.07) is 5.22. The molecule has 18 heavy (non-hydrogen) atoms. The summed E-state index contributed by atoms with van der Waals surface area (Å²) in [6.45, 7) is 1.68. The summed E-state index contributed by atoms with van der Waals surface area (Å²) in [5, 5.41) is 0.533. The van der Waals surface area contributed by atoms with Crippen LogP contribution < -0.4 is 4.90 Å². The SMILES string of the molecule is CN(CC1CCCCO1)c1cccc(F)c1CBr. The van der Waals surface area contributed by atoms with Gasteiger partial charge in [0, 0.05) is 36.8 Å². The molecule has 0 radical (unpaired) electrons. The maximum Gasteiger partial charge on any atom is 0.129 e. The highest BCUT2D eigenvalue weighted by Crippen LogP contribution is 2.26. The third-order valence-corrected chi connectivity index (χ3v) is 3.95. The van der Waals surface area contributed by atoms with E-state index in [4.69, 9.17) is 4.74 Å². The van der Waals surface area contributed by atoms with Crippen LogP contribution in [0.1, 0.15) is 24.8 Å². The fourth-order valence-corrected chi connectivity index (χ4v) is 2.95. The number of benzene rings is 1. The van der Waals surface area contributed by atoms with Gasteiger partial charge in [-0.3, -0.25) is 0 Å². The average Bonchev–Trinajstić information content (AvgIpc) is 2.39. The van der Waals surface area contributed by atoms with Crippen LogP contribution in [0.3, 0.4) is 0 Å². The first-order valence-electron chi connectivity index (χ1n) is 6.38. The highest BCUT2D eigenvalue weighted by Gasteiger charge is 2.18. The molecule has 1 aromatic carbocycles. The lowest BCUT2D eigenvalue weighted by molar-refractivity contribution is 0.0216. The van der Waals surface area contributed by atoms with Crippen molar-refractivity contribution in [1.29, 1.82) is 0 Å². The van der Waals surface area contributed by atoms with Crippen LogP contribution in [0.4, 0.5) is 10.1 Å². The number of alkyl halides is 1. The molecule has 0 spiro atoms. The van der Waals surface area contributed by atoms with Gasteiger partial charge in [-0.25, -0.2) is 4.39 Å². The van der Waals surface area contributed by atoms with E-state index in [1.54, 1.807) is 6.07 Å². The van der Waals surface area contributed by atoms with E-state index in [1.807, 2.05) is 13.1 Å². The molecule has 2 rings (SSSR count). The van der Waals surface area contributed by atoms with Crippen molar-refractivity contribution >= 4 is 21.6 Å². The molecule has 1 aliphatic heterocycles. The number of hydrogen-bond acceptors (Lipinski definition) is 2. The molecule has 0 amide bonds. The summed E-state index contributed by atoms with van der Waals surface area (Å²) >= 11 is 3.35. The number of nitrogens with zero attached hydrogens (tertiary/aromatic N) is 1. The van der Waals surface area contributed by atoms with E-state index in [0.29, 0.717) is 5.33 Å². The molecule has 1 heterocycles. The molecule has 1 unspecified atom stereocenters. The molecule has 4 heteroatoms. The molecule has 1 atom stereocenters. The Morgan fingerprint density at radius 1 is 1.44 bits per heavy atom. The summed E-state index contributed by atoms with van der Waals surface area (Å²) in [5.41, 5.74) is 1.66. The Hall–Kier alpha value is -0.610. The first-order chi connectivity index (χ1) is 8.72. The van der Waals surface area contributed by atoms with E-state index < -0.39 is 0 Å². The predicted molar refractivity (Wildman–Crippen MR) is 75.9 cm³/mol. The van der Waals surface area contributed by atoms with E-state index in [2.05, 4.69) is 20.8 Å². The largest absolute Gasteiger partial charge is 0.376 e. The van der Waals surface area contributed by atoms with Gasteiger partial charge in [-0.2, -0.15) is 0 Å². The van der Waals surface area contributed by atoms with Crippen LogP contribution in [0, 0.1) is 5.82 Å². The van der Waals surface area contributed by atoms with Gasteiger partial charge in [-0.05, 0) is 31.4 Å². The molecule has 0 bridgehead atoms. The van der Waals surface area contributed by atoms with Gasteiger partial charge in [0.25, 0.3) is 0 Å². The molecule has 0 saturated carbocycles. The minimum absolute atomic E-state index is 0.152. The second-order valence-electron chi connectivity index (χ2n) is 4.74. The molecule has 2 nitrogen and oxygen atoms in total. The van der Waals surface area contributed by atoms with E-state index >= 15 is 0 Å². The van der Waals surface area contributed by atoms with Crippen LogP contribution >= 0.6 is 15.9 Å². The molecule has 0 aliphatic carbocycles. The van der Waals surface area contributed by atoms with Gasteiger partial charge >= 0.3 is 0 Å². The molecule has 1 aromatic rings. The Bertz CT molecular complexity index is 393. The zero-order valence-electron chi connectivity index (χ0n) is 10.7. The molecular weight excluding hydrogens is 297 g/mol. The monoisotopic (exact) mass is 315 g/mol. The summed E-state index contributed by atoms with van der Waals surface area (Å²) < 4.78 is 19.4. The van der Waals surface area contributed by atoms with Gasteiger partial charge in [0.2, 0.25) is 0 Å². The summed E-state index contributed by atoms with van der Waals surface area (Å²) in [7, 11) is 2.00. The summed E-state index contributed by atoms with van der Waals surface area (Å²) in [6.07, 6.45) is 3.76. The predicted octanol–water partition coefficient (Wildman–Crippen LogP) is 3.73. The van der Waals surface area contributed by atoms with Crippen molar-refractivity contribution in [1.82, 2.24) is 0 Å². The maximum atomic E-state index is 13.7. The minimum atomic E-state index is -0.152. The van der Waals surface area contributed by atoms with Gasteiger partial charge < -0.3 is 9.64 Å². The molecule has 0 aromatic heterocycles. The van der Waals surface area contributed by atoms with E-state index in [0.717, 1.165) is 37.2 Å². The lowest BCUT2D eigenvalue weighted by Crippen LogP contribution is -2.33. The lowest BCUT2D eigenvalue weighted by atomic mass is 10.1. The fraction of sp³-hybridized carbons (Fsp3) is 0.571. The maximum absolute atomic E-state index is 13.7. The quantitative estimate of drug-likeness (QED) is 0.785. The standard InChI is InChI=1S/C14H19BrFNO/c1-17(10-11-5-2-3-8-18-11)14-7-4-6-13(16)12(14)9-15/h4,6-7,11H,2-3,5,8-10H2,1H3. The number of likely N-dealkylation sites (N-methyl/N-ethyl adjacent to an activating group) is 1. The van der Waals surface area contributed by atoms with Crippen LogP contribution in [0.25, 0.3) is 0 Å². The normalized spacial score (nSPS) is 19.8. The van der Waals surface area contributed by atoms with Crippen molar-refractivity contribution < 1.29 is 9.13 Å². The smallest absolute Gasteiger partial charge is 0.129 e. The second kappa shape index (κ2) is 6.53. The van der Waals surface area contributed by atoms with Gasteiger partial charge in [-0.15, -0.1) is 0 Å². The molecule has 1 aliphatic rings. The molecule has 1 saturated heterocycles. The number of halogens is 2.